The molecule has 1 heterocycles. The maximum Gasteiger partial charge on any atom is 0.305 e. The number of aliphatic carboxylic acids is 1. The van der Waals surface area contributed by atoms with Gasteiger partial charge in [-0.05, 0) is 13.3 Å². The quantitative estimate of drug-likeness (QED) is 0.597. The van der Waals surface area contributed by atoms with Crippen molar-refractivity contribution in [3.05, 3.63) is 12.4 Å². The number of sulfonamides is 1. The summed E-state index contributed by atoms with van der Waals surface area (Å²) in [7, 11) is -3.77. The summed E-state index contributed by atoms with van der Waals surface area (Å²) in [5, 5.41) is 22.3. The van der Waals surface area contributed by atoms with E-state index in [4.69, 9.17) is 5.11 Å². The lowest BCUT2D eigenvalue weighted by Gasteiger charge is -2.22. The highest BCUT2D eigenvalue weighted by Crippen LogP contribution is 2.13. The molecule has 0 amide bonds. The summed E-state index contributed by atoms with van der Waals surface area (Å²) in [4.78, 5) is 10.4. The van der Waals surface area contributed by atoms with Crippen LogP contribution in [0.1, 0.15) is 33.1 Å². The van der Waals surface area contributed by atoms with Crippen molar-refractivity contribution < 1.29 is 23.4 Å². The molecule has 0 aliphatic rings. The van der Waals surface area contributed by atoms with Gasteiger partial charge in [0.25, 0.3) is 0 Å². The number of rotatable bonds is 9. The molecule has 3 N–H and O–H groups in total. The molecule has 1 aromatic rings. The Balaban J connectivity index is 2.68. The highest BCUT2D eigenvalue weighted by Gasteiger charge is 2.24. The number of carbonyl (C=O) groups is 1. The third kappa shape index (κ3) is 5.82. The second-order valence-corrected chi connectivity index (χ2v) is 6.92. The van der Waals surface area contributed by atoms with Crippen LogP contribution in [0.5, 0.6) is 0 Å². The molecule has 9 heteroatoms. The molecular weight excluding hydrogens is 298 g/mol. The van der Waals surface area contributed by atoms with Crippen LogP contribution in [0.15, 0.2) is 17.3 Å². The molecule has 0 bridgehead atoms. The van der Waals surface area contributed by atoms with Gasteiger partial charge in [0.1, 0.15) is 4.90 Å². The molecule has 8 nitrogen and oxygen atoms in total. The Morgan fingerprint density at radius 2 is 2.19 bits per heavy atom. The van der Waals surface area contributed by atoms with Gasteiger partial charge in [-0.15, -0.1) is 0 Å². The third-order valence-corrected chi connectivity index (χ3v) is 4.26. The van der Waals surface area contributed by atoms with E-state index in [1.165, 1.54) is 10.9 Å². The molecule has 1 aromatic heterocycles. The summed E-state index contributed by atoms with van der Waals surface area (Å²) in [5.74, 6) is -0.983. The van der Waals surface area contributed by atoms with Crippen molar-refractivity contribution in [1.82, 2.24) is 14.5 Å². The van der Waals surface area contributed by atoms with Gasteiger partial charge < -0.3 is 10.2 Å². The van der Waals surface area contributed by atoms with Crippen LogP contribution in [0, 0.1) is 0 Å². The van der Waals surface area contributed by atoms with Crippen LogP contribution >= 0.6 is 0 Å². The Bertz CT molecular complexity index is 579. The van der Waals surface area contributed by atoms with E-state index in [2.05, 4.69) is 9.82 Å². The zero-order chi connectivity index (χ0) is 16.1. The molecule has 1 unspecified atom stereocenters. The van der Waals surface area contributed by atoms with Crippen LogP contribution in [0.2, 0.25) is 0 Å². The molecule has 0 spiro atoms. The second kappa shape index (κ2) is 7.01. The van der Waals surface area contributed by atoms with Gasteiger partial charge in [0.05, 0.1) is 24.8 Å². The molecule has 120 valence electrons. The first-order valence-electron chi connectivity index (χ1n) is 6.62. The monoisotopic (exact) mass is 319 g/mol. The van der Waals surface area contributed by atoms with E-state index in [-0.39, 0.29) is 24.4 Å². The molecule has 1 rings (SSSR count). The van der Waals surface area contributed by atoms with Gasteiger partial charge in [0, 0.05) is 12.7 Å². The zero-order valence-electron chi connectivity index (χ0n) is 12.1. The summed E-state index contributed by atoms with van der Waals surface area (Å²) in [6, 6.07) is 0. The number of hydrogen-bond donors (Lipinski definition) is 3. The lowest BCUT2D eigenvalue weighted by atomic mass is 10.0. The van der Waals surface area contributed by atoms with E-state index < -0.39 is 21.6 Å². The number of carboxylic acid groups (broad SMARTS) is 1. The van der Waals surface area contributed by atoms with Gasteiger partial charge in [0.15, 0.2) is 0 Å². The highest BCUT2D eigenvalue weighted by molar-refractivity contribution is 7.89. The Morgan fingerprint density at radius 1 is 1.52 bits per heavy atom. The number of aryl methyl sites for hydroxylation is 1. The molecule has 0 fully saturated rings. The topological polar surface area (TPSA) is 122 Å². The van der Waals surface area contributed by atoms with Crippen LogP contribution < -0.4 is 4.72 Å². The van der Waals surface area contributed by atoms with Crippen LogP contribution in [0.4, 0.5) is 0 Å². The minimum absolute atomic E-state index is 0.0554. The molecule has 0 saturated carbocycles. The molecule has 21 heavy (non-hydrogen) atoms. The Morgan fingerprint density at radius 3 is 2.76 bits per heavy atom. The van der Waals surface area contributed by atoms with Crippen LogP contribution in [-0.2, 0) is 21.4 Å². The SMILES string of the molecule is CCCC(C)(O)CNS(=O)(=O)c1cnn(CCC(=O)O)c1. The fourth-order valence-electron chi connectivity index (χ4n) is 1.78. The van der Waals surface area contributed by atoms with Crippen LogP contribution in [0.25, 0.3) is 0 Å². The first-order valence-corrected chi connectivity index (χ1v) is 8.11. The molecule has 0 saturated heterocycles. The van der Waals surface area contributed by atoms with Crippen LogP contribution in [0.3, 0.4) is 0 Å². The average molecular weight is 319 g/mol. The summed E-state index contributed by atoms with van der Waals surface area (Å²) in [6.45, 7) is 3.46. The smallest absolute Gasteiger partial charge is 0.305 e. The van der Waals surface area contributed by atoms with Crippen molar-refractivity contribution in [3.63, 3.8) is 0 Å². The zero-order valence-corrected chi connectivity index (χ0v) is 12.9. The minimum atomic E-state index is -3.77. The minimum Gasteiger partial charge on any atom is -0.481 e. The first-order chi connectivity index (χ1) is 9.66. The predicted molar refractivity (Wildman–Crippen MR) is 75.2 cm³/mol. The van der Waals surface area contributed by atoms with Crippen molar-refractivity contribution in [2.45, 2.75) is 50.2 Å². The van der Waals surface area contributed by atoms with Gasteiger partial charge in [0.2, 0.25) is 10.0 Å². The summed E-state index contributed by atoms with van der Waals surface area (Å²) >= 11 is 0. The molecular formula is C12H21N3O5S. The van der Waals surface area contributed by atoms with Crippen molar-refractivity contribution in [2.24, 2.45) is 0 Å². The molecule has 0 aliphatic carbocycles. The first kappa shape index (κ1) is 17.6. The van der Waals surface area contributed by atoms with Crippen molar-refractivity contribution in [3.8, 4) is 0 Å². The maximum absolute atomic E-state index is 12.0. The van der Waals surface area contributed by atoms with E-state index in [1.807, 2.05) is 6.92 Å². The fraction of sp³-hybridized carbons (Fsp3) is 0.667. The van der Waals surface area contributed by atoms with E-state index in [9.17, 15) is 18.3 Å². The van der Waals surface area contributed by atoms with Crippen molar-refractivity contribution in [2.75, 3.05) is 6.54 Å². The van der Waals surface area contributed by atoms with E-state index in [0.717, 1.165) is 12.6 Å². The largest absolute Gasteiger partial charge is 0.481 e. The van der Waals surface area contributed by atoms with Gasteiger partial charge in [-0.1, -0.05) is 13.3 Å². The van der Waals surface area contributed by atoms with Gasteiger partial charge >= 0.3 is 5.97 Å². The molecule has 1 atom stereocenters. The summed E-state index contributed by atoms with van der Waals surface area (Å²) in [5.41, 5.74) is -1.11. The Labute approximate surface area is 123 Å². The van der Waals surface area contributed by atoms with E-state index in [1.54, 1.807) is 6.92 Å². The van der Waals surface area contributed by atoms with Gasteiger partial charge in [-0.3, -0.25) is 9.48 Å². The fourth-order valence-corrected chi connectivity index (χ4v) is 2.89. The Hall–Kier alpha value is -1.45. The van der Waals surface area contributed by atoms with E-state index in [0.29, 0.717) is 6.42 Å². The lowest BCUT2D eigenvalue weighted by Crippen LogP contribution is -2.40. The van der Waals surface area contributed by atoms with Gasteiger partial charge in [-0.25, -0.2) is 13.1 Å². The summed E-state index contributed by atoms with van der Waals surface area (Å²) in [6.07, 6.45) is 3.49. The second-order valence-electron chi connectivity index (χ2n) is 5.15. The average Bonchev–Trinajstić information content (AvgIpc) is 2.84. The number of aromatic nitrogens is 2. The lowest BCUT2D eigenvalue weighted by molar-refractivity contribution is -0.137. The van der Waals surface area contributed by atoms with Crippen LogP contribution in [-0.4, -0.2) is 46.5 Å². The number of aliphatic hydroxyl groups is 1. The summed E-state index contributed by atoms with van der Waals surface area (Å²) < 4.78 is 27.7. The van der Waals surface area contributed by atoms with Crippen molar-refractivity contribution in [1.29, 1.82) is 0 Å². The molecule has 0 aromatic carbocycles. The number of hydrogen-bond acceptors (Lipinski definition) is 5. The van der Waals surface area contributed by atoms with Gasteiger partial charge in [-0.2, -0.15) is 5.10 Å². The predicted octanol–water partition coefficient (Wildman–Crippen LogP) is 0.187. The maximum atomic E-state index is 12.0. The third-order valence-electron chi connectivity index (χ3n) is 2.91. The number of nitrogens with zero attached hydrogens (tertiary/aromatic N) is 2. The molecule has 0 aliphatic heterocycles. The standard InChI is InChI=1S/C12H21N3O5S/c1-3-5-12(2,18)9-14-21(19,20)10-7-13-15(8-10)6-4-11(16)17/h7-8,14,18H,3-6,9H2,1-2H3,(H,16,17). The number of carboxylic acids is 1. The Kier molecular flexibility index (Phi) is 5.87. The van der Waals surface area contributed by atoms with Crippen molar-refractivity contribution >= 4 is 16.0 Å². The molecule has 0 radical (unpaired) electrons. The number of nitrogens with one attached hydrogen (secondary N) is 1. The highest BCUT2D eigenvalue weighted by atomic mass is 32.2. The van der Waals surface area contributed by atoms with E-state index >= 15 is 0 Å². The normalized spacial score (nSPS) is 14.8.